The van der Waals surface area contributed by atoms with Crippen LogP contribution in [0.2, 0.25) is 0 Å². The van der Waals surface area contributed by atoms with Crippen LogP contribution >= 0.6 is 0 Å². The Kier molecular flexibility index (Phi) is 2.45. The Hall–Kier alpha value is -2.83. The van der Waals surface area contributed by atoms with Crippen LogP contribution < -0.4 is 5.56 Å². The maximum Gasteiger partial charge on any atom is 0.308 e. The summed E-state index contributed by atoms with van der Waals surface area (Å²) in [6.07, 6.45) is 0.981. The molecule has 0 amide bonds. The Bertz CT molecular complexity index is 812. The average molecular weight is 259 g/mol. The number of oxazole rings is 1. The van der Waals surface area contributed by atoms with E-state index in [0.29, 0.717) is 22.4 Å². The first-order valence-electron chi connectivity index (χ1n) is 5.50. The highest BCUT2D eigenvalue weighted by atomic mass is 16.4. The smallest absolute Gasteiger partial charge is 0.308 e. The number of aromatic nitrogens is 3. The molecule has 19 heavy (non-hydrogen) atoms. The number of aliphatic carboxylic acids is 1. The third-order valence-electron chi connectivity index (χ3n) is 2.82. The van der Waals surface area contributed by atoms with Crippen molar-refractivity contribution in [3.8, 4) is 11.3 Å². The van der Waals surface area contributed by atoms with Crippen molar-refractivity contribution in [2.75, 3.05) is 0 Å². The molecule has 0 fully saturated rings. The molecule has 2 heterocycles. The fourth-order valence-corrected chi connectivity index (χ4v) is 1.96. The fraction of sp³-hybridized carbons (Fsp3) is 0.0833. The number of rotatable bonds is 3. The lowest BCUT2D eigenvalue weighted by Crippen LogP contribution is -2.11. The van der Waals surface area contributed by atoms with Crippen molar-refractivity contribution in [2.45, 2.75) is 6.42 Å². The first kappa shape index (κ1) is 11.3. The molecule has 0 unspecified atom stereocenters. The second-order valence-electron chi connectivity index (χ2n) is 4.04. The fourth-order valence-electron chi connectivity index (χ4n) is 1.96. The molecule has 3 aromatic rings. The van der Waals surface area contributed by atoms with Gasteiger partial charge in [0.25, 0.3) is 5.56 Å². The number of carboxylic acid groups (broad SMARTS) is 1. The van der Waals surface area contributed by atoms with Crippen molar-refractivity contribution in [1.82, 2.24) is 15.2 Å². The molecule has 1 aromatic carbocycles. The van der Waals surface area contributed by atoms with Gasteiger partial charge in [-0.25, -0.2) is 4.98 Å². The lowest BCUT2D eigenvalue weighted by Gasteiger charge is -2.00. The zero-order valence-corrected chi connectivity index (χ0v) is 9.64. The summed E-state index contributed by atoms with van der Waals surface area (Å²) in [6, 6.07) is 5.19. The number of benzene rings is 1. The summed E-state index contributed by atoms with van der Waals surface area (Å²) in [6.45, 7) is 0. The SMILES string of the molecule is O=C(O)Cc1c(-c2ccc3ncoc3c2)[nH][nH]c1=O. The van der Waals surface area contributed by atoms with E-state index in [9.17, 15) is 9.59 Å². The maximum atomic E-state index is 11.6. The standard InChI is InChI=1S/C12H9N3O4/c16-10(17)4-7-11(14-15-12(7)18)6-1-2-8-9(3-6)19-5-13-8/h1-3,5H,4H2,(H,16,17)(H2,14,15,18). The topological polar surface area (TPSA) is 112 Å². The van der Waals surface area contributed by atoms with Crippen molar-refractivity contribution >= 4 is 17.1 Å². The van der Waals surface area contributed by atoms with Gasteiger partial charge in [0.15, 0.2) is 12.0 Å². The second kappa shape index (κ2) is 4.13. The largest absolute Gasteiger partial charge is 0.481 e. The first-order chi connectivity index (χ1) is 9.15. The van der Waals surface area contributed by atoms with Gasteiger partial charge in [-0.15, -0.1) is 0 Å². The lowest BCUT2D eigenvalue weighted by atomic mass is 10.1. The van der Waals surface area contributed by atoms with Gasteiger partial charge in [-0.05, 0) is 12.1 Å². The third-order valence-corrected chi connectivity index (χ3v) is 2.82. The molecule has 0 aliphatic carbocycles. The van der Waals surface area contributed by atoms with Crippen LogP contribution in [0.25, 0.3) is 22.4 Å². The van der Waals surface area contributed by atoms with Gasteiger partial charge in [0.2, 0.25) is 0 Å². The third kappa shape index (κ3) is 1.90. The number of hydrogen-bond acceptors (Lipinski definition) is 4. The van der Waals surface area contributed by atoms with Gasteiger partial charge in [0.1, 0.15) is 5.52 Å². The van der Waals surface area contributed by atoms with Gasteiger partial charge in [-0.3, -0.25) is 19.8 Å². The molecule has 0 aliphatic heterocycles. The molecule has 0 aliphatic rings. The average Bonchev–Trinajstić information content (AvgIpc) is 2.96. The predicted molar refractivity (Wildman–Crippen MR) is 65.8 cm³/mol. The monoisotopic (exact) mass is 259 g/mol. The molecule has 7 heteroatoms. The Morgan fingerprint density at radius 2 is 2.21 bits per heavy atom. The summed E-state index contributed by atoms with van der Waals surface area (Å²) < 4.78 is 5.18. The molecule has 0 saturated carbocycles. The van der Waals surface area contributed by atoms with Crippen LogP contribution in [0.15, 0.2) is 33.8 Å². The van der Waals surface area contributed by atoms with Gasteiger partial charge >= 0.3 is 5.97 Å². The maximum absolute atomic E-state index is 11.6. The predicted octanol–water partition coefficient (Wildman–Crippen LogP) is 1.14. The van der Waals surface area contributed by atoms with Gasteiger partial charge in [-0.2, -0.15) is 0 Å². The molecule has 7 nitrogen and oxygen atoms in total. The molecule has 3 N–H and O–H groups in total. The van der Waals surface area contributed by atoms with Gasteiger partial charge in [0.05, 0.1) is 17.7 Å². The van der Waals surface area contributed by atoms with E-state index in [-0.39, 0.29) is 12.0 Å². The van der Waals surface area contributed by atoms with E-state index in [2.05, 4.69) is 15.2 Å². The van der Waals surface area contributed by atoms with Gasteiger partial charge in [-0.1, -0.05) is 6.07 Å². The zero-order chi connectivity index (χ0) is 13.4. The number of carbonyl (C=O) groups is 1. The number of fused-ring (bicyclic) bond motifs is 1. The van der Waals surface area contributed by atoms with Crippen LogP contribution in [0, 0.1) is 0 Å². The quantitative estimate of drug-likeness (QED) is 0.652. The van der Waals surface area contributed by atoms with Crippen molar-refractivity contribution in [3.05, 3.63) is 40.5 Å². The van der Waals surface area contributed by atoms with Crippen LogP contribution in [0.4, 0.5) is 0 Å². The van der Waals surface area contributed by atoms with E-state index < -0.39 is 11.5 Å². The molecule has 0 atom stereocenters. The Morgan fingerprint density at radius 1 is 1.37 bits per heavy atom. The van der Waals surface area contributed by atoms with Gasteiger partial charge in [0, 0.05) is 5.56 Å². The molecule has 3 rings (SSSR count). The van der Waals surface area contributed by atoms with Crippen LogP contribution in [-0.2, 0) is 11.2 Å². The van der Waals surface area contributed by atoms with E-state index in [1.807, 2.05) is 0 Å². The molecule has 2 aromatic heterocycles. The van der Waals surface area contributed by atoms with E-state index in [1.165, 1.54) is 6.39 Å². The first-order valence-corrected chi connectivity index (χ1v) is 5.50. The van der Waals surface area contributed by atoms with Crippen molar-refractivity contribution in [1.29, 1.82) is 0 Å². The van der Waals surface area contributed by atoms with Crippen LogP contribution in [-0.4, -0.2) is 26.3 Å². The highest BCUT2D eigenvalue weighted by Gasteiger charge is 2.15. The number of hydrogen-bond donors (Lipinski definition) is 3. The normalized spacial score (nSPS) is 10.9. The number of nitrogens with one attached hydrogen (secondary N) is 2. The summed E-state index contributed by atoms with van der Waals surface area (Å²) in [5, 5.41) is 13.9. The molecular weight excluding hydrogens is 250 g/mol. The Balaban J connectivity index is 2.15. The molecule has 96 valence electrons. The number of aromatic amines is 2. The lowest BCUT2D eigenvalue weighted by molar-refractivity contribution is -0.136. The molecule has 0 bridgehead atoms. The van der Waals surface area contributed by atoms with Crippen molar-refractivity contribution in [3.63, 3.8) is 0 Å². The number of H-pyrrole nitrogens is 2. The molecule has 0 radical (unpaired) electrons. The molecule has 0 saturated heterocycles. The van der Waals surface area contributed by atoms with Crippen molar-refractivity contribution < 1.29 is 14.3 Å². The molecule has 0 spiro atoms. The summed E-state index contributed by atoms with van der Waals surface area (Å²) >= 11 is 0. The minimum Gasteiger partial charge on any atom is -0.481 e. The summed E-state index contributed by atoms with van der Waals surface area (Å²) in [5.74, 6) is -1.06. The van der Waals surface area contributed by atoms with Gasteiger partial charge < -0.3 is 9.52 Å². The number of nitrogens with zero attached hydrogens (tertiary/aromatic N) is 1. The molecular formula is C12H9N3O4. The summed E-state index contributed by atoms with van der Waals surface area (Å²) in [4.78, 5) is 26.3. The summed E-state index contributed by atoms with van der Waals surface area (Å²) in [5.41, 5.74) is 2.13. The van der Waals surface area contributed by atoms with E-state index in [0.717, 1.165) is 0 Å². The van der Waals surface area contributed by atoms with E-state index >= 15 is 0 Å². The van der Waals surface area contributed by atoms with Crippen LogP contribution in [0.5, 0.6) is 0 Å². The zero-order valence-electron chi connectivity index (χ0n) is 9.64. The highest BCUT2D eigenvalue weighted by Crippen LogP contribution is 2.23. The Morgan fingerprint density at radius 3 is 3.00 bits per heavy atom. The van der Waals surface area contributed by atoms with Crippen LogP contribution in [0.3, 0.4) is 0 Å². The minimum atomic E-state index is -1.06. The number of carboxylic acids is 1. The van der Waals surface area contributed by atoms with Crippen molar-refractivity contribution in [2.24, 2.45) is 0 Å². The summed E-state index contributed by atoms with van der Waals surface area (Å²) in [7, 11) is 0. The van der Waals surface area contributed by atoms with Crippen LogP contribution in [0.1, 0.15) is 5.56 Å². The Labute approximate surface area is 105 Å². The van der Waals surface area contributed by atoms with E-state index in [4.69, 9.17) is 9.52 Å². The second-order valence-corrected chi connectivity index (χ2v) is 4.04. The van der Waals surface area contributed by atoms with E-state index in [1.54, 1.807) is 18.2 Å². The highest BCUT2D eigenvalue weighted by molar-refractivity contribution is 5.81. The minimum absolute atomic E-state index is 0.186.